The Hall–Kier alpha value is -1.37. The topological polar surface area (TPSA) is 78.6 Å². The molecule has 20 heavy (non-hydrogen) atoms. The van der Waals surface area contributed by atoms with Crippen LogP contribution in [0.5, 0.6) is 0 Å². The van der Waals surface area contributed by atoms with Gasteiger partial charge in [0.2, 0.25) is 0 Å². The van der Waals surface area contributed by atoms with Crippen LogP contribution in [-0.4, -0.2) is 47.7 Å². The minimum absolute atomic E-state index is 0.0434. The van der Waals surface area contributed by atoms with Crippen LogP contribution in [0.4, 0.5) is 11.4 Å². The lowest BCUT2D eigenvalue weighted by Crippen LogP contribution is -2.43. The molecule has 1 rings (SSSR count). The molecule has 0 spiro atoms. The van der Waals surface area contributed by atoms with Gasteiger partial charge in [0.1, 0.15) is 0 Å². The average molecular weight is 302 g/mol. The zero-order valence-electron chi connectivity index (χ0n) is 12.1. The third-order valence-electron chi connectivity index (χ3n) is 2.79. The van der Waals surface area contributed by atoms with Gasteiger partial charge in [-0.05, 0) is 33.5 Å². The number of rotatable bonds is 6. The molecule has 1 atom stereocenters. The molecular weight excluding hydrogens is 282 g/mol. The van der Waals surface area contributed by atoms with Crippen molar-refractivity contribution in [3.8, 4) is 0 Å². The second-order valence-corrected chi connectivity index (χ2v) is 5.87. The van der Waals surface area contributed by atoms with Crippen molar-refractivity contribution >= 4 is 23.0 Å². The molecule has 0 fully saturated rings. The summed E-state index contributed by atoms with van der Waals surface area (Å²) in [5.74, 6) is 0. The van der Waals surface area contributed by atoms with Crippen molar-refractivity contribution in [2.24, 2.45) is 0 Å². The summed E-state index contributed by atoms with van der Waals surface area (Å²) in [5, 5.41) is 24.3. The number of hydrogen-bond acceptors (Lipinski definition) is 5. The van der Waals surface area contributed by atoms with E-state index in [0.29, 0.717) is 24.3 Å². The monoisotopic (exact) mass is 301 g/mol. The van der Waals surface area contributed by atoms with Crippen LogP contribution in [-0.2, 0) is 0 Å². The van der Waals surface area contributed by atoms with Crippen molar-refractivity contribution in [2.75, 3.05) is 32.5 Å². The Balaban J connectivity index is 2.86. The molecule has 1 aromatic carbocycles. The van der Waals surface area contributed by atoms with Gasteiger partial charge in [0.15, 0.2) is 0 Å². The normalized spacial score (nSPS) is 14.2. The first kappa shape index (κ1) is 16.7. The highest BCUT2D eigenvalue weighted by molar-refractivity contribution is 6.33. The van der Waals surface area contributed by atoms with Crippen molar-refractivity contribution in [2.45, 2.75) is 19.4 Å². The minimum Gasteiger partial charge on any atom is -0.387 e. The summed E-state index contributed by atoms with van der Waals surface area (Å²) >= 11 is 6.05. The number of anilines is 1. The van der Waals surface area contributed by atoms with Gasteiger partial charge in [0, 0.05) is 25.2 Å². The van der Waals surface area contributed by atoms with Crippen LogP contribution in [0.15, 0.2) is 12.1 Å². The maximum Gasteiger partial charge on any atom is 0.271 e. The molecule has 112 valence electrons. The van der Waals surface area contributed by atoms with Crippen molar-refractivity contribution in [3.05, 3.63) is 32.8 Å². The van der Waals surface area contributed by atoms with Gasteiger partial charge in [-0.25, -0.2) is 0 Å². The molecule has 0 aromatic heterocycles. The first-order valence-electron chi connectivity index (χ1n) is 6.18. The maximum atomic E-state index is 10.7. The van der Waals surface area contributed by atoms with Crippen molar-refractivity contribution in [1.29, 1.82) is 0 Å². The molecule has 1 aromatic rings. The summed E-state index contributed by atoms with van der Waals surface area (Å²) in [6.07, 6.45) is 0. The number of nitrogens with zero attached hydrogens (tertiary/aromatic N) is 2. The van der Waals surface area contributed by atoms with Crippen LogP contribution in [0.2, 0.25) is 5.02 Å². The van der Waals surface area contributed by atoms with Gasteiger partial charge in [-0.15, -0.1) is 0 Å². The molecule has 0 heterocycles. The molecule has 0 aliphatic heterocycles. The number of nitro groups is 1. The van der Waals surface area contributed by atoms with E-state index in [1.807, 2.05) is 19.0 Å². The summed E-state index contributed by atoms with van der Waals surface area (Å²) in [5.41, 5.74) is 0.306. The SMILES string of the molecule is Cc1cc([N+](=O)[O-])cc(Cl)c1NCC(C)(O)CN(C)C. The van der Waals surface area contributed by atoms with Gasteiger partial charge in [-0.2, -0.15) is 0 Å². The highest BCUT2D eigenvalue weighted by Gasteiger charge is 2.22. The minimum atomic E-state index is -0.930. The Kier molecular flexibility index (Phi) is 5.33. The predicted octanol–water partition coefficient (Wildman–Crippen LogP) is 2.28. The quantitative estimate of drug-likeness (QED) is 0.622. The molecule has 0 saturated heterocycles. The number of nitrogens with one attached hydrogen (secondary N) is 1. The van der Waals surface area contributed by atoms with E-state index in [0.717, 1.165) is 0 Å². The summed E-state index contributed by atoms with van der Waals surface area (Å²) in [4.78, 5) is 12.1. The third kappa shape index (κ3) is 4.63. The lowest BCUT2D eigenvalue weighted by atomic mass is 10.1. The van der Waals surface area contributed by atoms with Crippen molar-refractivity contribution in [3.63, 3.8) is 0 Å². The number of aliphatic hydroxyl groups is 1. The second kappa shape index (κ2) is 6.39. The number of likely N-dealkylation sites (N-methyl/N-ethyl adjacent to an activating group) is 1. The fourth-order valence-electron chi connectivity index (χ4n) is 2.07. The molecule has 0 amide bonds. The van der Waals surface area contributed by atoms with Crippen LogP contribution in [0.25, 0.3) is 0 Å². The maximum absolute atomic E-state index is 10.7. The average Bonchev–Trinajstić information content (AvgIpc) is 2.25. The number of halogens is 1. The first-order valence-corrected chi connectivity index (χ1v) is 6.56. The number of benzene rings is 1. The zero-order chi connectivity index (χ0) is 15.5. The molecule has 0 aliphatic carbocycles. The highest BCUT2D eigenvalue weighted by Crippen LogP contribution is 2.31. The number of aryl methyl sites for hydroxylation is 1. The van der Waals surface area contributed by atoms with Crippen LogP contribution >= 0.6 is 11.6 Å². The highest BCUT2D eigenvalue weighted by atomic mass is 35.5. The molecule has 0 radical (unpaired) electrons. The fourth-order valence-corrected chi connectivity index (χ4v) is 2.40. The van der Waals surface area contributed by atoms with Gasteiger partial charge in [0.25, 0.3) is 5.69 Å². The van der Waals surface area contributed by atoms with E-state index in [1.165, 1.54) is 12.1 Å². The summed E-state index contributed by atoms with van der Waals surface area (Å²) in [6.45, 7) is 4.24. The number of non-ortho nitro benzene ring substituents is 1. The number of nitro benzene ring substituents is 1. The van der Waals surface area contributed by atoms with Crippen molar-refractivity contribution in [1.82, 2.24) is 4.90 Å². The van der Waals surface area contributed by atoms with Gasteiger partial charge >= 0.3 is 0 Å². The Morgan fingerprint density at radius 1 is 1.50 bits per heavy atom. The molecule has 1 unspecified atom stereocenters. The molecule has 2 N–H and O–H groups in total. The van der Waals surface area contributed by atoms with Gasteiger partial charge in [-0.3, -0.25) is 10.1 Å². The molecule has 0 saturated carbocycles. The van der Waals surface area contributed by atoms with Crippen LogP contribution in [0.1, 0.15) is 12.5 Å². The van der Waals surface area contributed by atoms with Gasteiger partial charge in [-0.1, -0.05) is 11.6 Å². The van der Waals surface area contributed by atoms with E-state index >= 15 is 0 Å². The largest absolute Gasteiger partial charge is 0.387 e. The van der Waals surface area contributed by atoms with E-state index < -0.39 is 10.5 Å². The number of hydrogen-bond donors (Lipinski definition) is 2. The predicted molar refractivity (Wildman–Crippen MR) is 80.5 cm³/mol. The van der Waals surface area contributed by atoms with E-state index in [4.69, 9.17) is 11.6 Å². The van der Waals surface area contributed by atoms with E-state index in [2.05, 4.69) is 5.32 Å². The second-order valence-electron chi connectivity index (χ2n) is 5.46. The Morgan fingerprint density at radius 2 is 2.10 bits per heavy atom. The van der Waals surface area contributed by atoms with Crippen LogP contribution in [0, 0.1) is 17.0 Å². The molecule has 7 heteroatoms. The van der Waals surface area contributed by atoms with E-state index in [9.17, 15) is 15.2 Å². The molecule has 6 nitrogen and oxygen atoms in total. The summed E-state index contributed by atoms with van der Waals surface area (Å²) < 4.78 is 0. The zero-order valence-corrected chi connectivity index (χ0v) is 12.9. The first-order chi connectivity index (χ1) is 9.12. The summed E-state index contributed by atoms with van der Waals surface area (Å²) in [7, 11) is 3.75. The lowest BCUT2D eigenvalue weighted by molar-refractivity contribution is -0.384. The molecule has 0 bridgehead atoms. The molecular formula is C13H20ClN3O3. The Labute approximate surface area is 123 Å². The Morgan fingerprint density at radius 3 is 2.55 bits per heavy atom. The van der Waals surface area contributed by atoms with Crippen LogP contribution < -0.4 is 5.32 Å². The van der Waals surface area contributed by atoms with Gasteiger partial charge in [0.05, 0.1) is 21.2 Å². The standard InChI is InChI=1S/C13H20ClN3O3/c1-9-5-10(17(19)20)6-11(14)12(9)15-7-13(2,18)8-16(3)4/h5-6,15,18H,7-8H2,1-4H3. The summed E-state index contributed by atoms with van der Waals surface area (Å²) in [6, 6.07) is 2.76. The smallest absolute Gasteiger partial charge is 0.271 e. The fraction of sp³-hybridized carbons (Fsp3) is 0.538. The Bertz CT molecular complexity index is 481. The van der Waals surface area contributed by atoms with Crippen molar-refractivity contribution < 1.29 is 10.0 Å². The molecule has 0 aliphatic rings. The van der Waals surface area contributed by atoms with Crippen LogP contribution in [0.3, 0.4) is 0 Å². The third-order valence-corrected chi connectivity index (χ3v) is 3.08. The lowest BCUT2D eigenvalue weighted by Gasteiger charge is -2.28. The van der Waals surface area contributed by atoms with E-state index in [1.54, 1.807) is 13.8 Å². The van der Waals surface area contributed by atoms with E-state index in [-0.39, 0.29) is 10.7 Å². The van der Waals surface area contributed by atoms with Gasteiger partial charge < -0.3 is 15.3 Å².